The van der Waals surface area contributed by atoms with Crippen molar-refractivity contribution >= 4 is 22.7 Å². The van der Waals surface area contributed by atoms with Crippen LogP contribution in [0.3, 0.4) is 0 Å². The molecule has 0 atom stereocenters. The Morgan fingerprint density at radius 1 is 1.00 bits per heavy atom. The van der Waals surface area contributed by atoms with Crippen LogP contribution in [0.2, 0.25) is 0 Å². The van der Waals surface area contributed by atoms with Gasteiger partial charge in [0.2, 0.25) is 0 Å². The van der Waals surface area contributed by atoms with Crippen molar-refractivity contribution in [2.24, 2.45) is 0 Å². The van der Waals surface area contributed by atoms with Gasteiger partial charge in [-0.15, -0.1) is 0 Å². The highest BCUT2D eigenvalue weighted by Gasteiger charge is 2.14. The molecule has 1 aliphatic heterocycles. The highest BCUT2D eigenvalue weighted by Crippen LogP contribution is 2.33. The molecule has 0 saturated carbocycles. The molecule has 0 aromatic heterocycles. The van der Waals surface area contributed by atoms with E-state index in [0.717, 1.165) is 31.0 Å². The summed E-state index contributed by atoms with van der Waals surface area (Å²) in [5.74, 6) is 0. The van der Waals surface area contributed by atoms with E-state index in [9.17, 15) is 0 Å². The van der Waals surface area contributed by atoms with Gasteiger partial charge in [0, 0.05) is 31.0 Å². The highest BCUT2D eigenvalue weighted by atomic mass is 15.2. The van der Waals surface area contributed by atoms with E-state index >= 15 is 0 Å². The van der Waals surface area contributed by atoms with Gasteiger partial charge in [-0.05, 0) is 56.5 Å². The number of nitrogens with two attached hydrogens (primary N) is 1. The quantitative estimate of drug-likeness (QED) is 0.848. The van der Waals surface area contributed by atoms with E-state index in [-0.39, 0.29) is 0 Å². The summed E-state index contributed by atoms with van der Waals surface area (Å²) in [5, 5.41) is 0. The fourth-order valence-corrected chi connectivity index (χ4v) is 3.24. The average molecular weight is 295 g/mol. The van der Waals surface area contributed by atoms with Crippen molar-refractivity contribution < 1.29 is 0 Å². The Balaban J connectivity index is 1.87. The topological polar surface area (TPSA) is 32.5 Å². The van der Waals surface area contributed by atoms with Gasteiger partial charge in [-0.2, -0.15) is 0 Å². The van der Waals surface area contributed by atoms with E-state index < -0.39 is 0 Å². The van der Waals surface area contributed by atoms with Crippen molar-refractivity contribution in [3.05, 3.63) is 48.5 Å². The van der Waals surface area contributed by atoms with Crippen molar-refractivity contribution in [2.45, 2.75) is 26.2 Å². The molecular formula is C19H25N3. The van der Waals surface area contributed by atoms with E-state index in [2.05, 4.69) is 59.2 Å². The average Bonchev–Trinajstić information content (AvgIpc) is 2.59. The van der Waals surface area contributed by atoms with Crippen LogP contribution in [0.1, 0.15) is 26.2 Å². The molecule has 0 amide bonds. The van der Waals surface area contributed by atoms with Gasteiger partial charge in [0.1, 0.15) is 0 Å². The van der Waals surface area contributed by atoms with Crippen LogP contribution in [0.5, 0.6) is 0 Å². The second-order valence-corrected chi connectivity index (χ2v) is 5.87. The molecule has 1 aliphatic rings. The van der Waals surface area contributed by atoms with Crippen molar-refractivity contribution in [3.63, 3.8) is 0 Å². The van der Waals surface area contributed by atoms with Gasteiger partial charge in [0.25, 0.3) is 0 Å². The van der Waals surface area contributed by atoms with Crippen LogP contribution in [0.4, 0.5) is 22.7 Å². The molecule has 2 aromatic carbocycles. The SMILES string of the molecule is CCN(c1ccccc1)c1ccc(N2CCCCC2)cc1N. The molecule has 2 aromatic rings. The van der Waals surface area contributed by atoms with Crippen molar-refractivity contribution in [1.82, 2.24) is 0 Å². The molecule has 0 aliphatic carbocycles. The molecule has 2 N–H and O–H groups in total. The molecule has 3 heteroatoms. The van der Waals surface area contributed by atoms with Crippen LogP contribution in [0.25, 0.3) is 0 Å². The van der Waals surface area contributed by atoms with Gasteiger partial charge in [-0.1, -0.05) is 18.2 Å². The molecule has 1 heterocycles. The summed E-state index contributed by atoms with van der Waals surface area (Å²) >= 11 is 0. The Kier molecular flexibility index (Phi) is 4.52. The van der Waals surface area contributed by atoms with Gasteiger partial charge in [-0.3, -0.25) is 0 Å². The van der Waals surface area contributed by atoms with Gasteiger partial charge < -0.3 is 15.5 Å². The number of rotatable bonds is 4. The monoisotopic (exact) mass is 295 g/mol. The lowest BCUT2D eigenvalue weighted by atomic mass is 10.1. The van der Waals surface area contributed by atoms with Crippen molar-refractivity contribution in [2.75, 3.05) is 35.2 Å². The number of nitrogens with zero attached hydrogens (tertiary/aromatic N) is 2. The molecule has 0 bridgehead atoms. The van der Waals surface area contributed by atoms with Crippen molar-refractivity contribution in [3.8, 4) is 0 Å². The lowest BCUT2D eigenvalue weighted by molar-refractivity contribution is 0.578. The van der Waals surface area contributed by atoms with Crippen LogP contribution < -0.4 is 15.5 Å². The Hall–Kier alpha value is -2.16. The van der Waals surface area contributed by atoms with E-state index in [1.54, 1.807) is 0 Å². The summed E-state index contributed by atoms with van der Waals surface area (Å²) in [7, 11) is 0. The Labute approximate surface area is 133 Å². The first-order chi connectivity index (χ1) is 10.8. The fourth-order valence-electron chi connectivity index (χ4n) is 3.24. The van der Waals surface area contributed by atoms with Crippen LogP contribution in [-0.2, 0) is 0 Å². The summed E-state index contributed by atoms with van der Waals surface area (Å²) in [6.07, 6.45) is 3.92. The number of nitrogen functional groups attached to an aromatic ring is 1. The minimum atomic E-state index is 0.855. The molecule has 3 rings (SSSR count). The number of benzene rings is 2. The minimum Gasteiger partial charge on any atom is -0.397 e. The first-order valence-electron chi connectivity index (χ1n) is 8.26. The van der Waals surface area contributed by atoms with E-state index in [1.807, 2.05) is 6.07 Å². The van der Waals surface area contributed by atoms with E-state index in [1.165, 1.54) is 30.6 Å². The van der Waals surface area contributed by atoms with Gasteiger partial charge in [-0.25, -0.2) is 0 Å². The minimum absolute atomic E-state index is 0.855. The zero-order valence-corrected chi connectivity index (χ0v) is 13.3. The standard InChI is InChI=1S/C19H25N3/c1-2-22(16-9-5-3-6-10-16)19-12-11-17(15-18(19)20)21-13-7-4-8-14-21/h3,5-6,9-12,15H,2,4,7-8,13-14,20H2,1H3. The lowest BCUT2D eigenvalue weighted by Gasteiger charge is -2.30. The normalized spacial score (nSPS) is 14.9. The zero-order valence-electron chi connectivity index (χ0n) is 13.3. The van der Waals surface area contributed by atoms with Crippen molar-refractivity contribution in [1.29, 1.82) is 0 Å². The molecule has 116 valence electrons. The Bertz CT molecular complexity index is 603. The highest BCUT2D eigenvalue weighted by molar-refractivity contribution is 5.78. The van der Waals surface area contributed by atoms with Crippen LogP contribution in [-0.4, -0.2) is 19.6 Å². The first-order valence-corrected chi connectivity index (χ1v) is 8.26. The number of anilines is 4. The molecular weight excluding hydrogens is 270 g/mol. The maximum absolute atomic E-state index is 6.37. The number of hydrogen-bond acceptors (Lipinski definition) is 3. The summed E-state index contributed by atoms with van der Waals surface area (Å²) in [6.45, 7) is 5.35. The Morgan fingerprint density at radius 3 is 2.36 bits per heavy atom. The molecule has 3 nitrogen and oxygen atoms in total. The summed E-state index contributed by atoms with van der Waals surface area (Å²) in [6, 6.07) is 16.9. The predicted octanol–water partition coefficient (Wildman–Crippen LogP) is 4.42. The van der Waals surface area contributed by atoms with Gasteiger partial charge in [0.05, 0.1) is 11.4 Å². The second-order valence-electron chi connectivity index (χ2n) is 5.87. The smallest absolute Gasteiger partial charge is 0.0645 e. The third kappa shape index (κ3) is 3.03. The number of piperidine rings is 1. The zero-order chi connectivity index (χ0) is 15.4. The fraction of sp³-hybridized carbons (Fsp3) is 0.368. The van der Waals surface area contributed by atoms with E-state index in [4.69, 9.17) is 5.73 Å². The third-order valence-electron chi connectivity index (χ3n) is 4.41. The van der Waals surface area contributed by atoms with Gasteiger partial charge >= 0.3 is 0 Å². The number of para-hydroxylation sites is 1. The van der Waals surface area contributed by atoms with Crippen LogP contribution in [0, 0.1) is 0 Å². The molecule has 0 spiro atoms. The van der Waals surface area contributed by atoms with Crippen LogP contribution >= 0.6 is 0 Å². The van der Waals surface area contributed by atoms with Crippen LogP contribution in [0.15, 0.2) is 48.5 Å². The first kappa shape index (κ1) is 14.8. The summed E-state index contributed by atoms with van der Waals surface area (Å²) in [4.78, 5) is 4.71. The maximum Gasteiger partial charge on any atom is 0.0645 e. The molecule has 22 heavy (non-hydrogen) atoms. The Morgan fingerprint density at radius 2 is 1.73 bits per heavy atom. The molecule has 0 unspecified atom stereocenters. The second kappa shape index (κ2) is 6.73. The predicted molar refractivity (Wildman–Crippen MR) is 96.0 cm³/mol. The summed E-state index contributed by atoms with van der Waals surface area (Å²) in [5.41, 5.74) is 10.8. The van der Waals surface area contributed by atoms with Gasteiger partial charge in [0.15, 0.2) is 0 Å². The van der Waals surface area contributed by atoms with E-state index in [0.29, 0.717) is 0 Å². The lowest BCUT2D eigenvalue weighted by Crippen LogP contribution is -2.29. The molecule has 0 radical (unpaired) electrons. The number of hydrogen-bond donors (Lipinski definition) is 1. The maximum atomic E-state index is 6.37. The molecule has 1 saturated heterocycles. The third-order valence-corrected chi connectivity index (χ3v) is 4.41. The summed E-state index contributed by atoms with van der Waals surface area (Å²) < 4.78 is 0. The largest absolute Gasteiger partial charge is 0.397 e. The molecule has 1 fully saturated rings.